The molecule has 2 heterocycles. The number of aromatic nitrogens is 1. The Balaban J connectivity index is 1.38. The third kappa shape index (κ3) is 5.47. The number of hydrogen-bond donors (Lipinski definition) is 0. The Kier molecular flexibility index (Phi) is 6.89. The number of morpholine rings is 1. The Hall–Kier alpha value is -2.66. The van der Waals surface area contributed by atoms with Crippen LogP contribution in [-0.2, 0) is 26.1 Å². The Morgan fingerprint density at radius 1 is 1.12 bits per heavy atom. The summed E-state index contributed by atoms with van der Waals surface area (Å²) in [7, 11) is -3.68. The minimum atomic E-state index is -3.68. The average Bonchev–Trinajstić information content (AvgIpc) is 3.26. The van der Waals surface area contributed by atoms with Gasteiger partial charge in [-0.2, -0.15) is 4.31 Å². The first-order valence-corrected chi connectivity index (χ1v) is 12.7. The van der Waals surface area contributed by atoms with Crippen LogP contribution >= 0.6 is 11.3 Å². The number of thiazole rings is 1. The van der Waals surface area contributed by atoms with Gasteiger partial charge in [-0.05, 0) is 62.4 Å². The van der Waals surface area contributed by atoms with E-state index in [1.165, 1.54) is 52.0 Å². The highest BCUT2D eigenvalue weighted by Crippen LogP contribution is 2.25. The number of carbonyl (C=O) groups is 1. The summed E-state index contributed by atoms with van der Waals surface area (Å²) in [5.74, 6) is -0.902. The van der Waals surface area contributed by atoms with Crippen LogP contribution in [0, 0.1) is 5.82 Å². The fraction of sp³-hybridized carbons (Fsp3) is 0.304. The molecule has 1 aliphatic heterocycles. The van der Waals surface area contributed by atoms with Gasteiger partial charge < -0.3 is 9.47 Å². The van der Waals surface area contributed by atoms with Crippen molar-refractivity contribution in [1.29, 1.82) is 0 Å². The standard InChI is InChI=1S/C23H23FN2O5S2/c1-15-11-26(12-16(2)31-15)33(28,29)21-9-5-18(6-10-21)23(27)30-13-20-14-32-22(25-20)17-3-7-19(24)8-4-17/h3-10,14-16H,11-13H2,1-2H3. The second-order valence-corrected chi connectivity index (χ2v) is 10.6. The van der Waals surface area contributed by atoms with Gasteiger partial charge in [0.25, 0.3) is 0 Å². The van der Waals surface area contributed by atoms with E-state index in [0.717, 1.165) is 5.56 Å². The molecule has 1 saturated heterocycles. The second-order valence-electron chi connectivity index (χ2n) is 7.83. The van der Waals surface area contributed by atoms with E-state index in [-0.39, 0.29) is 48.2 Å². The highest BCUT2D eigenvalue weighted by Gasteiger charge is 2.32. The normalized spacial score (nSPS) is 19.4. The van der Waals surface area contributed by atoms with Crippen LogP contribution in [0.25, 0.3) is 10.6 Å². The lowest BCUT2D eigenvalue weighted by atomic mass is 10.2. The first-order chi connectivity index (χ1) is 15.7. The SMILES string of the molecule is CC1CN(S(=O)(=O)c2ccc(C(=O)OCc3csc(-c4ccc(F)cc4)n3)cc2)CC(C)O1. The van der Waals surface area contributed by atoms with Crippen molar-refractivity contribution in [3.63, 3.8) is 0 Å². The summed E-state index contributed by atoms with van der Waals surface area (Å²) >= 11 is 1.37. The topological polar surface area (TPSA) is 85.8 Å². The molecular formula is C23H23FN2O5S2. The van der Waals surface area contributed by atoms with Crippen LogP contribution in [0.3, 0.4) is 0 Å². The number of halogens is 1. The van der Waals surface area contributed by atoms with Crippen molar-refractivity contribution >= 4 is 27.3 Å². The van der Waals surface area contributed by atoms with E-state index in [1.807, 2.05) is 13.8 Å². The van der Waals surface area contributed by atoms with Crippen molar-refractivity contribution in [1.82, 2.24) is 9.29 Å². The highest BCUT2D eigenvalue weighted by molar-refractivity contribution is 7.89. The summed E-state index contributed by atoms with van der Waals surface area (Å²) in [5.41, 5.74) is 1.59. The van der Waals surface area contributed by atoms with E-state index in [4.69, 9.17) is 9.47 Å². The van der Waals surface area contributed by atoms with Gasteiger partial charge in [-0.3, -0.25) is 0 Å². The minimum absolute atomic E-state index is 0.0276. The lowest BCUT2D eigenvalue weighted by molar-refractivity contribution is -0.0440. The molecule has 174 valence electrons. The van der Waals surface area contributed by atoms with Crippen molar-refractivity contribution in [2.75, 3.05) is 13.1 Å². The predicted octanol–water partition coefficient (Wildman–Crippen LogP) is 4.10. The van der Waals surface area contributed by atoms with Gasteiger partial charge >= 0.3 is 5.97 Å². The van der Waals surface area contributed by atoms with Crippen LogP contribution in [0.15, 0.2) is 58.8 Å². The number of esters is 1. The molecule has 1 aromatic heterocycles. The molecule has 0 amide bonds. The zero-order valence-corrected chi connectivity index (χ0v) is 19.7. The lowest BCUT2D eigenvalue weighted by Gasteiger charge is -2.34. The molecule has 1 fully saturated rings. The van der Waals surface area contributed by atoms with Crippen LogP contribution in [0.5, 0.6) is 0 Å². The summed E-state index contributed by atoms with van der Waals surface area (Å²) in [6.45, 7) is 4.21. The number of rotatable bonds is 6. The van der Waals surface area contributed by atoms with Crippen molar-refractivity contribution in [2.45, 2.75) is 37.6 Å². The number of benzene rings is 2. The molecule has 2 aromatic carbocycles. The van der Waals surface area contributed by atoms with E-state index in [2.05, 4.69) is 4.98 Å². The molecule has 33 heavy (non-hydrogen) atoms. The number of sulfonamides is 1. The van der Waals surface area contributed by atoms with Gasteiger partial charge in [0.15, 0.2) is 0 Å². The summed E-state index contributed by atoms with van der Waals surface area (Å²) in [6.07, 6.45) is -0.376. The molecule has 3 aromatic rings. The maximum atomic E-state index is 13.1. The van der Waals surface area contributed by atoms with Gasteiger partial charge in [-0.15, -0.1) is 11.3 Å². The smallest absolute Gasteiger partial charge is 0.338 e. The van der Waals surface area contributed by atoms with Crippen LogP contribution < -0.4 is 0 Å². The Bertz CT molecular complexity index is 1220. The molecule has 2 atom stereocenters. The van der Waals surface area contributed by atoms with Gasteiger partial charge in [0.2, 0.25) is 10.0 Å². The maximum Gasteiger partial charge on any atom is 0.338 e. The number of carbonyl (C=O) groups excluding carboxylic acids is 1. The number of nitrogens with zero attached hydrogens (tertiary/aromatic N) is 2. The van der Waals surface area contributed by atoms with Gasteiger partial charge in [0.1, 0.15) is 17.4 Å². The van der Waals surface area contributed by atoms with Crippen molar-refractivity contribution < 1.29 is 27.1 Å². The first-order valence-electron chi connectivity index (χ1n) is 10.4. The largest absolute Gasteiger partial charge is 0.456 e. The van der Waals surface area contributed by atoms with Gasteiger partial charge in [-0.1, -0.05) is 0 Å². The van der Waals surface area contributed by atoms with E-state index < -0.39 is 16.0 Å². The lowest BCUT2D eigenvalue weighted by Crippen LogP contribution is -2.48. The summed E-state index contributed by atoms with van der Waals surface area (Å²) in [5, 5.41) is 2.47. The fourth-order valence-electron chi connectivity index (χ4n) is 3.56. The summed E-state index contributed by atoms with van der Waals surface area (Å²) < 4.78 is 51.3. The summed E-state index contributed by atoms with van der Waals surface area (Å²) in [4.78, 5) is 16.9. The molecule has 0 aliphatic carbocycles. The number of ether oxygens (including phenoxy) is 2. The van der Waals surface area contributed by atoms with Crippen LogP contribution in [0.1, 0.15) is 29.9 Å². The molecular weight excluding hydrogens is 467 g/mol. The zero-order valence-electron chi connectivity index (χ0n) is 18.1. The zero-order chi connectivity index (χ0) is 23.6. The minimum Gasteiger partial charge on any atom is -0.456 e. The second kappa shape index (κ2) is 9.68. The van der Waals surface area contributed by atoms with Crippen molar-refractivity contribution in [3.05, 3.63) is 71.0 Å². The van der Waals surface area contributed by atoms with Crippen LogP contribution in [0.4, 0.5) is 4.39 Å². The van der Waals surface area contributed by atoms with Gasteiger partial charge in [-0.25, -0.2) is 22.6 Å². The summed E-state index contributed by atoms with van der Waals surface area (Å²) in [6, 6.07) is 11.7. The van der Waals surface area contributed by atoms with Crippen LogP contribution in [0.2, 0.25) is 0 Å². The molecule has 0 N–H and O–H groups in total. The molecule has 0 bridgehead atoms. The Labute approximate surface area is 195 Å². The van der Waals surface area contributed by atoms with E-state index in [1.54, 1.807) is 17.5 Å². The van der Waals surface area contributed by atoms with Gasteiger partial charge in [0.05, 0.1) is 28.4 Å². The predicted molar refractivity (Wildman–Crippen MR) is 122 cm³/mol. The van der Waals surface area contributed by atoms with Crippen molar-refractivity contribution in [3.8, 4) is 10.6 Å². The van der Waals surface area contributed by atoms with Gasteiger partial charge in [0, 0.05) is 24.0 Å². The highest BCUT2D eigenvalue weighted by atomic mass is 32.2. The Morgan fingerprint density at radius 2 is 1.76 bits per heavy atom. The monoisotopic (exact) mass is 490 g/mol. The third-order valence-corrected chi connectivity index (χ3v) is 7.89. The van der Waals surface area contributed by atoms with Crippen molar-refractivity contribution in [2.24, 2.45) is 0 Å². The van der Waals surface area contributed by atoms with E-state index in [0.29, 0.717) is 10.7 Å². The quantitative estimate of drug-likeness (QED) is 0.484. The molecule has 7 nitrogen and oxygen atoms in total. The van der Waals surface area contributed by atoms with E-state index >= 15 is 0 Å². The molecule has 0 spiro atoms. The van der Waals surface area contributed by atoms with Crippen LogP contribution in [-0.4, -0.2) is 49.0 Å². The average molecular weight is 491 g/mol. The fourth-order valence-corrected chi connectivity index (χ4v) is 5.96. The molecule has 0 radical (unpaired) electrons. The molecule has 2 unspecified atom stereocenters. The first kappa shape index (κ1) is 23.5. The molecule has 10 heteroatoms. The molecule has 0 saturated carbocycles. The maximum absolute atomic E-state index is 13.1. The molecule has 1 aliphatic rings. The van der Waals surface area contributed by atoms with E-state index in [9.17, 15) is 17.6 Å². The molecule has 4 rings (SSSR count). The third-order valence-electron chi connectivity index (χ3n) is 5.11. The Morgan fingerprint density at radius 3 is 2.39 bits per heavy atom. The number of hydrogen-bond acceptors (Lipinski definition) is 7.